The van der Waals surface area contributed by atoms with Crippen LogP contribution in [0.3, 0.4) is 0 Å². The maximum Gasteiger partial charge on any atom is 0.258 e. The van der Waals surface area contributed by atoms with E-state index in [2.05, 4.69) is 70.5 Å². The predicted octanol–water partition coefficient (Wildman–Crippen LogP) is 5.51. The summed E-state index contributed by atoms with van der Waals surface area (Å²) < 4.78 is 5.53. The molecule has 4 nitrogen and oxygen atoms in total. The molecule has 5 rings (SSSR count). The molecule has 0 unspecified atom stereocenters. The van der Waals surface area contributed by atoms with Crippen molar-refractivity contribution < 1.29 is 4.52 Å². The first-order valence-electron chi connectivity index (χ1n) is 10.5. The molecule has 0 atom stereocenters. The zero-order chi connectivity index (χ0) is 18.9. The topological polar surface area (TPSA) is 42.2 Å². The average Bonchev–Trinajstić information content (AvgIpc) is 3.40. The van der Waals surface area contributed by atoms with Crippen molar-refractivity contribution in [3.05, 3.63) is 59.7 Å². The van der Waals surface area contributed by atoms with Gasteiger partial charge in [0.25, 0.3) is 5.89 Å². The number of hydrogen-bond acceptors (Lipinski definition) is 4. The second kappa shape index (κ2) is 7.51. The third kappa shape index (κ3) is 3.61. The third-order valence-corrected chi connectivity index (χ3v) is 6.17. The Hall–Kier alpha value is -2.46. The van der Waals surface area contributed by atoms with Crippen molar-refractivity contribution in [1.29, 1.82) is 0 Å². The molecular weight excluding hydrogens is 346 g/mol. The average molecular weight is 374 g/mol. The van der Waals surface area contributed by atoms with E-state index in [0.29, 0.717) is 11.7 Å². The monoisotopic (exact) mass is 373 g/mol. The van der Waals surface area contributed by atoms with Gasteiger partial charge in [-0.25, -0.2) is 0 Å². The van der Waals surface area contributed by atoms with Gasteiger partial charge in [-0.2, -0.15) is 4.98 Å². The number of aromatic nitrogens is 2. The summed E-state index contributed by atoms with van der Waals surface area (Å²) in [5.74, 6) is 2.81. The van der Waals surface area contributed by atoms with E-state index in [-0.39, 0.29) is 0 Å². The normalized spacial score (nSPS) is 18.5. The number of rotatable bonds is 5. The molecule has 2 aromatic carbocycles. The molecule has 2 aliphatic rings. The third-order valence-electron chi connectivity index (χ3n) is 6.17. The summed E-state index contributed by atoms with van der Waals surface area (Å²) in [7, 11) is 0. The fourth-order valence-electron chi connectivity index (χ4n) is 4.59. The lowest BCUT2D eigenvalue weighted by Gasteiger charge is -2.37. The van der Waals surface area contributed by atoms with E-state index >= 15 is 0 Å². The van der Waals surface area contributed by atoms with Crippen LogP contribution in [0.2, 0.25) is 0 Å². The highest BCUT2D eigenvalue weighted by Gasteiger charge is 2.22. The van der Waals surface area contributed by atoms with Crippen molar-refractivity contribution >= 4 is 0 Å². The molecule has 0 radical (unpaired) electrons. The van der Waals surface area contributed by atoms with Gasteiger partial charge >= 0.3 is 0 Å². The van der Waals surface area contributed by atoms with Gasteiger partial charge in [-0.05, 0) is 47.9 Å². The summed E-state index contributed by atoms with van der Waals surface area (Å²) in [6.45, 7) is 5.73. The molecule has 2 heterocycles. The Morgan fingerprint density at radius 1 is 0.929 bits per heavy atom. The van der Waals surface area contributed by atoms with Gasteiger partial charge in [0, 0.05) is 30.8 Å². The van der Waals surface area contributed by atoms with Crippen LogP contribution in [0, 0.1) is 5.92 Å². The minimum atomic E-state index is 0.589. The Labute approximate surface area is 166 Å². The van der Waals surface area contributed by atoms with Crippen molar-refractivity contribution in [1.82, 2.24) is 15.0 Å². The highest BCUT2D eigenvalue weighted by molar-refractivity contribution is 5.60. The standard InChI is InChI=1S/C24H27N3O/c1-17-14-27(15-17)16-18-6-8-21(9-7-18)23-25-24(28-26-23)22-12-10-20(11-13-22)19-4-2-3-5-19/h6-13,17,19H,2-5,14-16H2,1H3. The van der Waals surface area contributed by atoms with Gasteiger partial charge in [0.2, 0.25) is 5.82 Å². The number of benzene rings is 2. The van der Waals surface area contributed by atoms with Crippen LogP contribution in [0.25, 0.3) is 22.8 Å². The van der Waals surface area contributed by atoms with Gasteiger partial charge in [0.15, 0.2) is 0 Å². The van der Waals surface area contributed by atoms with Crippen molar-refractivity contribution in [2.45, 2.75) is 45.1 Å². The van der Waals surface area contributed by atoms with Crippen LogP contribution in [0.5, 0.6) is 0 Å². The number of hydrogen-bond donors (Lipinski definition) is 0. The SMILES string of the molecule is CC1CN(Cc2ccc(-c3noc(-c4ccc(C5CCCC5)cc4)n3)cc2)C1. The Kier molecular flexibility index (Phi) is 4.73. The van der Waals surface area contributed by atoms with E-state index < -0.39 is 0 Å². The van der Waals surface area contributed by atoms with Crippen LogP contribution in [-0.2, 0) is 6.54 Å². The summed E-state index contributed by atoms with van der Waals surface area (Å²) in [4.78, 5) is 7.09. The molecular formula is C24H27N3O. The minimum Gasteiger partial charge on any atom is -0.334 e. The van der Waals surface area contributed by atoms with E-state index in [9.17, 15) is 0 Å². The van der Waals surface area contributed by atoms with Gasteiger partial charge < -0.3 is 4.52 Å². The summed E-state index contributed by atoms with van der Waals surface area (Å²) in [6.07, 6.45) is 5.35. The summed E-state index contributed by atoms with van der Waals surface area (Å²) in [5, 5.41) is 4.19. The lowest BCUT2D eigenvalue weighted by Crippen LogP contribution is -2.44. The molecule has 0 bridgehead atoms. The highest BCUT2D eigenvalue weighted by Crippen LogP contribution is 2.35. The molecule has 1 aliphatic heterocycles. The zero-order valence-corrected chi connectivity index (χ0v) is 16.5. The summed E-state index contributed by atoms with van der Waals surface area (Å²) in [6, 6.07) is 17.2. The highest BCUT2D eigenvalue weighted by atomic mass is 16.5. The maximum absolute atomic E-state index is 5.53. The van der Waals surface area contributed by atoms with Crippen molar-refractivity contribution in [3.8, 4) is 22.8 Å². The van der Waals surface area contributed by atoms with Crippen LogP contribution in [0.15, 0.2) is 53.1 Å². The molecule has 0 N–H and O–H groups in total. The fraction of sp³-hybridized carbons (Fsp3) is 0.417. The first kappa shape index (κ1) is 17.6. The zero-order valence-electron chi connectivity index (χ0n) is 16.5. The molecule has 28 heavy (non-hydrogen) atoms. The lowest BCUT2D eigenvalue weighted by molar-refractivity contribution is 0.105. The van der Waals surface area contributed by atoms with Crippen LogP contribution in [0.4, 0.5) is 0 Å². The first-order valence-corrected chi connectivity index (χ1v) is 10.5. The van der Waals surface area contributed by atoms with E-state index in [1.807, 2.05) is 0 Å². The fourth-order valence-corrected chi connectivity index (χ4v) is 4.59. The van der Waals surface area contributed by atoms with E-state index in [4.69, 9.17) is 4.52 Å². The molecule has 2 fully saturated rings. The van der Waals surface area contributed by atoms with E-state index in [1.165, 1.54) is 49.9 Å². The van der Waals surface area contributed by atoms with Crippen LogP contribution in [-0.4, -0.2) is 28.1 Å². The van der Waals surface area contributed by atoms with Gasteiger partial charge in [-0.3, -0.25) is 4.90 Å². The molecule has 1 aromatic heterocycles. The van der Waals surface area contributed by atoms with Gasteiger partial charge in [0.1, 0.15) is 0 Å². The second-order valence-corrected chi connectivity index (χ2v) is 8.52. The smallest absolute Gasteiger partial charge is 0.258 e. The Morgan fingerprint density at radius 2 is 1.61 bits per heavy atom. The van der Waals surface area contributed by atoms with Crippen molar-refractivity contribution in [3.63, 3.8) is 0 Å². The van der Waals surface area contributed by atoms with Gasteiger partial charge in [-0.15, -0.1) is 0 Å². The number of likely N-dealkylation sites (tertiary alicyclic amines) is 1. The predicted molar refractivity (Wildman–Crippen MR) is 111 cm³/mol. The summed E-state index contributed by atoms with van der Waals surface area (Å²) in [5.41, 5.74) is 4.76. The van der Waals surface area contributed by atoms with Gasteiger partial charge in [-0.1, -0.05) is 61.3 Å². The van der Waals surface area contributed by atoms with E-state index in [1.54, 1.807) is 0 Å². The van der Waals surface area contributed by atoms with Crippen molar-refractivity contribution in [2.24, 2.45) is 5.92 Å². The Balaban J connectivity index is 1.27. The Morgan fingerprint density at radius 3 is 2.29 bits per heavy atom. The molecule has 0 amide bonds. The molecule has 1 saturated heterocycles. The molecule has 1 saturated carbocycles. The largest absolute Gasteiger partial charge is 0.334 e. The summed E-state index contributed by atoms with van der Waals surface area (Å²) >= 11 is 0. The van der Waals surface area contributed by atoms with Crippen LogP contribution < -0.4 is 0 Å². The lowest BCUT2D eigenvalue weighted by atomic mass is 9.97. The van der Waals surface area contributed by atoms with Crippen LogP contribution >= 0.6 is 0 Å². The molecule has 144 valence electrons. The minimum absolute atomic E-state index is 0.589. The maximum atomic E-state index is 5.53. The van der Waals surface area contributed by atoms with Crippen molar-refractivity contribution in [2.75, 3.05) is 13.1 Å². The number of nitrogens with zero attached hydrogens (tertiary/aromatic N) is 3. The molecule has 0 spiro atoms. The molecule has 3 aromatic rings. The molecule has 1 aliphatic carbocycles. The quantitative estimate of drug-likeness (QED) is 0.591. The Bertz CT molecular complexity index is 917. The second-order valence-electron chi connectivity index (χ2n) is 8.52. The van der Waals surface area contributed by atoms with Crippen LogP contribution in [0.1, 0.15) is 49.7 Å². The first-order chi connectivity index (χ1) is 13.7. The van der Waals surface area contributed by atoms with Gasteiger partial charge in [0.05, 0.1) is 0 Å². The van der Waals surface area contributed by atoms with E-state index in [0.717, 1.165) is 29.5 Å². The molecule has 4 heteroatoms.